The van der Waals surface area contributed by atoms with Crippen molar-refractivity contribution in [2.24, 2.45) is 0 Å². The van der Waals surface area contributed by atoms with E-state index in [1.807, 2.05) is 60.7 Å². The monoisotopic (exact) mass is 524 g/mol. The summed E-state index contributed by atoms with van der Waals surface area (Å²) >= 11 is 3.48. The molecular weight excluding hydrogens is 496 g/mol. The Morgan fingerprint density at radius 3 is 2.18 bits per heavy atom. The van der Waals surface area contributed by atoms with Gasteiger partial charge in [0.05, 0.1) is 4.47 Å². The Labute approximate surface area is 208 Å². The van der Waals surface area contributed by atoms with Crippen molar-refractivity contribution in [3.8, 4) is 22.6 Å². The first kappa shape index (κ1) is 25.3. The molecule has 0 aromatic heterocycles. The standard InChI is InChI=1S/C27H29BrN2O4/c1-18(34-22-13-10-20(11-14-22)19-8-6-5-7-9-19)26(32)30-29-25(31)17-33-24-15-12-21(16-23(24)28)27(2,3)4/h5-16,18H,17H2,1-4H3,(H,29,31)(H,30,32). The molecular formula is C27H29BrN2O4. The summed E-state index contributed by atoms with van der Waals surface area (Å²) in [6, 6.07) is 23.2. The normalized spacial score (nSPS) is 11.9. The van der Waals surface area contributed by atoms with Gasteiger partial charge in [0, 0.05) is 0 Å². The third-order valence-corrected chi connectivity index (χ3v) is 5.75. The van der Waals surface area contributed by atoms with E-state index in [4.69, 9.17) is 9.47 Å². The van der Waals surface area contributed by atoms with E-state index in [1.165, 1.54) is 0 Å². The fourth-order valence-corrected chi connectivity index (χ4v) is 3.60. The van der Waals surface area contributed by atoms with Crippen LogP contribution in [-0.2, 0) is 15.0 Å². The number of nitrogens with one attached hydrogen (secondary N) is 2. The van der Waals surface area contributed by atoms with Gasteiger partial charge in [-0.1, -0.05) is 69.3 Å². The first-order valence-electron chi connectivity index (χ1n) is 11.0. The Kier molecular flexibility index (Phi) is 8.34. The average Bonchev–Trinajstić information content (AvgIpc) is 2.82. The van der Waals surface area contributed by atoms with Crippen LogP contribution in [0.25, 0.3) is 11.1 Å². The second-order valence-electron chi connectivity index (χ2n) is 8.87. The molecule has 6 nitrogen and oxygen atoms in total. The van der Waals surface area contributed by atoms with Gasteiger partial charge in [0.1, 0.15) is 11.5 Å². The zero-order valence-corrected chi connectivity index (χ0v) is 21.3. The summed E-state index contributed by atoms with van der Waals surface area (Å²) in [6.45, 7) is 7.72. The van der Waals surface area contributed by atoms with Gasteiger partial charge in [-0.05, 0) is 69.2 Å². The Bertz CT molecular complexity index is 1130. The quantitative estimate of drug-likeness (QED) is 0.405. The van der Waals surface area contributed by atoms with Gasteiger partial charge in [-0.3, -0.25) is 20.4 Å². The zero-order valence-electron chi connectivity index (χ0n) is 19.7. The molecule has 0 fully saturated rings. The van der Waals surface area contributed by atoms with Crippen LogP contribution < -0.4 is 20.3 Å². The van der Waals surface area contributed by atoms with Gasteiger partial charge < -0.3 is 9.47 Å². The third-order valence-electron chi connectivity index (χ3n) is 5.13. The van der Waals surface area contributed by atoms with E-state index in [-0.39, 0.29) is 12.0 Å². The molecule has 2 N–H and O–H groups in total. The number of halogens is 1. The van der Waals surface area contributed by atoms with Crippen LogP contribution in [0, 0.1) is 0 Å². The molecule has 3 rings (SSSR count). The molecule has 178 valence electrons. The minimum atomic E-state index is -0.803. The number of amides is 2. The maximum absolute atomic E-state index is 12.3. The van der Waals surface area contributed by atoms with E-state index < -0.39 is 17.9 Å². The Balaban J connectivity index is 1.44. The molecule has 0 aliphatic heterocycles. The van der Waals surface area contributed by atoms with Crippen molar-refractivity contribution in [1.29, 1.82) is 0 Å². The van der Waals surface area contributed by atoms with Crippen LogP contribution in [0.2, 0.25) is 0 Å². The van der Waals surface area contributed by atoms with Crippen LogP contribution in [0.15, 0.2) is 77.3 Å². The number of benzene rings is 3. The number of carbonyl (C=O) groups is 2. The molecule has 7 heteroatoms. The first-order valence-corrected chi connectivity index (χ1v) is 11.8. The van der Waals surface area contributed by atoms with Crippen LogP contribution >= 0.6 is 15.9 Å². The van der Waals surface area contributed by atoms with Gasteiger partial charge in [-0.2, -0.15) is 0 Å². The molecule has 0 spiro atoms. The Morgan fingerprint density at radius 1 is 0.912 bits per heavy atom. The van der Waals surface area contributed by atoms with E-state index >= 15 is 0 Å². The highest BCUT2D eigenvalue weighted by Crippen LogP contribution is 2.31. The molecule has 0 saturated heterocycles. The number of hydrogen-bond donors (Lipinski definition) is 2. The summed E-state index contributed by atoms with van der Waals surface area (Å²) in [5.74, 6) is 0.140. The van der Waals surface area contributed by atoms with Gasteiger partial charge in [-0.25, -0.2) is 0 Å². The second kappa shape index (κ2) is 11.2. The maximum Gasteiger partial charge on any atom is 0.279 e. The number of hydrazine groups is 1. The lowest BCUT2D eigenvalue weighted by atomic mass is 9.87. The lowest BCUT2D eigenvalue weighted by molar-refractivity contribution is -0.133. The molecule has 0 heterocycles. The van der Waals surface area contributed by atoms with Crippen LogP contribution in [-0.4, -0.2) is 24.5 Å². The molecule has 1 unspecified atom stereocenters. The molecule has 34 heavy (non-hydrogen) atoms. The van der Waals surface area contributed by atoms with Crippen LogP contribution in [0.4, 0.5) is 0 Å². The van der Waals surface area contributed by atoms with Gasteiger partial charge in [0.2, 0.25) is 0 Å². The van der Waals surface area contributed by atoms with Crippen molar-refractivity contribution in [3.05, 3.63) is 82.8 Å². The number of hydrogen-bond acceptors (Lipinski definition) is 4. The lowest BCUT2D eigenvalue weighted by Gasteiger charge is -2.20. The molecule has 0 saturated carbocycles. The van der Waals surface area contributed by atoms with Gasteiger partial charge in [0.15, 0.2) is 12.7 Å². The summed E-state index contributed by atoms with van der Waals surface area (Å²) in [6.07, 6.45) is -0.803. The zero-order chi connectivity index (χ0) is 24.7. The highest BCUT2D eigenvalue weighted by molar-refractivity contribution is 9.10. The van der Waals surface area contributed by atoms with Crippen molar-refractivity contribution < 1.29 is 19.1 Å². The van der Waals surface area contributed by atoms with Gasteiger partial charge in [-0.15, -0.1) is 0 Å². The van der Waals surface area contributed by atoms with E-state index in [0.717, 1.165) is 21.2 Å². The number of carbonyl (C=O) groups excluding carboxylic acids is 2. The minimum absolute atomic E-state index is 0.00536. The highest BCUT2D eigenvalue weighted by Gasteiger charge is 2.17. The second-order valence-corrected chi connectivity index (χ2v) is 9.73. The predicted molar refractivity (Wildman–Crippen MR) is 137 cm³/mol. The van der Waals surface area contributed by atoms with E-state index in [2.05, 4.69) is 47.6 Å². The van der Waals surface area contributed by atoms with E-state index in [1.54, 1.807) is 19.1 Å². The number of ether oxygens (including phenoxy) is 2. The van der Waals surface area contributed by atoms with Gasteiger partial charge in [0.25, 0.3) is 11.8 Å². The summed E-state index contributed by atoms with van der Waals surface area (Å²) in [5.41, 5.74) is 8.01. The van der Waals surface area contributed by atoms with Crippen LogP contribution in [0.5, 0.6) is 11.5 Å². The number of rotatable bonds is 7. The van der Waals surface area contributed by atoms with Crippen molar-refractivity contribution in [2.75, 3.05) is 6.61 Å². The predicted octanol–water partition coefficient (Wildman–Crippen LogP) is 5.41. The Morgan fingerprint density at radius 2 is 1.56 bits per heavy atom. The van der Waals surface area contributed by atoms with Crippen molar-refractivity contribution in [2.45, 2.75) is 39.2 Å². The molecule has 0 radical (unpaired) electrons. The molecule has 3 aromatic rings. The Hall–Kier alpha value is -3.32. The van der Waals surface area contributed by atoms with Crippen molar-refractivity contribution >= 4 is 27.7 Å². The lowest BCUT2D eigenvalue weighted by Crippen LogP contribution is -2.48. The molecule has 1 atom stereocenters. The van der Waals surface area contributed by atoms with E-state index in [0.29, 0.717) is 11.5 Å². The van der Waals surface area contributed by atoms with Crippen molar-refractivity contribution in [3.63, 3.8) is 0 Å². The summed E-state index contributed by atoms with van der Waals surface area (Å²) in [4.78, 5) is 24.4. The van der Waals surface area contributed by atoms with Crippen molar-refractivity contribution in [1.82, 2.24) is 10.9 Å². The SMILES string of the molecule is CC(Oc1ccc(-c2ccccc2)cc1)C(=O)NNC(=O)COc1ccc(C(C)(C)C)cc1Br. The summed E-state index contributed by atoms with van der Waals surface area (Å²) in [5, 5.41) is 0. The van der Waals surface area contributed by atoms with Crippen LogP contribution in [0.1, 0.15) is 33.3 Å². The smallest absolute Gasteiger partial charge is 0.279 e. The summed E-state index contributed by atoms with van der Waals surface area (Å²) < 4.78 is 12.0. The van der Waals surface area contributed by atoms with Crippen LogP contribution in [0.3, 0.4) is 0 Å². The highest BCUT2D eigenvalue weighted by atomic mass is 79.9. The minimum Gasteiger partial charge on any atom is -0.483 e. The maximum atomic E-state index is 12.3. The largest absolute Gasteiger partial charge is 0.483 e. The molecule has 0 aliphatic carbocycles. The fourth-order valence-electron chi connectivity index (χ4n) is 3.11. The molecule has 2 amide bonds. The average molecular weight is 525 g/mol. The molecule has 0 aliphatic rings. The third kappa shape index (κ3) is 7.09. The first-order chi connectivity index (χ1) is 16.1. The molecule has 0 bridgehead atoms. The van der Waals surface area contributed by atoms with Gasteiger partial charge >= 0.3 is 0 Å². The van der Waals surface area contributed by atoms with E-state index in [9.17, 15) is 9.59 Å². The molecule has 3 aromatic carbocycles. The topological polar surface area (TPSA) is 76.7 Å². The fraction of sp³-hybridized carbons (Fsp3) is 0.259. The summed E-state index contributed by atoms with van der Waals surface area (Å²) in [7, 11) is 0.